The third kappa shape index (κ3) is 3.39. The molecule has 6 heteroatoms. The fourth-order valence-electron chi connectivity index (χ4n) is 4.30. The van der Waals surface area contributed by atoms with Crippen molar-refractivity contribution < 1.29 is 23.9 Å². The third-order valence-corrected chi connectivity index (χ3v) is 5.70. The molecule has 2 aromatic rings. The summed E-state index contributed by atoms with van der Waals surface area (Å²) in [4.78, 5) is 40.4. The van der Waals surface area contributed by atoms with Gasteiger partial charge in [-0.25, -0.2) is 4.79 Å². The highest BCUT2D eigenvalue weighted by Gasteiger charge is 2.58. The van der Waals surface area contributed by atoms with Gasteiger partial charge in [-0.05, 0) is 30.0 Å². The molecule has 1 amide bonds. The standard InChI is InChI=1S/C23H23NO5/c1-2-28-21(26)23-12-17-10-6-7-11-18(17)19(20(23)25)13-24(15-23)22(27)29-14-16-8-4-3-5-9-16/h3-11,19H,2,12-15H2,1H3/t19-,23+/m1/s1. The van der Waals surface area contributed by atoms with E-state index in [1.54, 1.807) is 6.92 Å². The summed E-state index contributed by atoms with van der Waals surface area (Å²) < 4.78 is 10.7. The SMILES string of the molecule is CCOC(=O)[C@@]12Cc3ccccc3[C@@H](CN(C(=O)OCc3ccccc3)C1)C2=O. The minimum Gasteiger partial charge on any atom is -0.465 e. The predicted molar refractivity (Wildman–Crippen MR) is 105 cm³/mol. The number of rotatable bonds is 4. The lowest BCUT2D eigenvalue weighted by Gasteiger charge is -2.46. The van der Waals surface area contributed by atoms with Gasteiger partial charge in [-0.3, -0.25) is 9.59 Å². The Kier molecular flexibility index (Phi) is 5.09. The van der Waals surface area contributed by atoms with Crippen LogP contribution in [-0.4, -0.2) is 42.4 Å². The molecule has 0 saturated carbocycles. The van der Waals surface area contributed by atoms with Crippen molar-refractivity contribution in [3.63, 3.8) is 0 Å². The van der Waals surface area contributed by atoms with E-state index in [1.807, 2.05) is 54.6 Å². The predicted octanol–water partition coefficient (Wildman–Crippen LogP) is 3.10. The lowest BCUT2D eigenvalue weighted by molar-refractivity contribution is -0.165. The molecule has 0 aromatic heterocycles. The molecular weight excluding hydrogens is 370 g/mol. The van der Waals surface area contributed by atoms with Gasteiger partial charge in [-0.15, -0.1) is 0 Å². The lowest BCUT2D eigenvalue weighted by atomic mass is 9.63. The number of nitrogens with zero attached hydrogens (tertiary/aromatic N) is 1. The molecule has 2 aromatic carbocycles. The Morgan fingerprint density at radius 1 is 1.07 bits per heavy atom. The van der Waals surface area contributed by atoms with E-state index in [0.717, 1.165) is 16.7 Å². The second kappa shape index (κ2) is 7.70. The second-order valence-corrected chi connectivity index (χ2v) is 7.52. The van der Waals surface area contributed by atoms with Crippen LogP contribution in [-0.2, 0) is 32.1 Å². The first-order valence-corrected chi connectivity index (χ1v) is 9.80. The molecule has 0 N–H and O–H groups in total. The summed E-state index contributed by atoms with van der Waals surface area (Å²) in [5.41, 5.74) is 1.33. The molecule has 150 valence electrons. The van der Waals surface area contributed by atoms with E-state index < -0.39 is 23.4 Å². The topological polar surface area (TPSA) is 72.9 Å². The largest absolute Gasteiger partial charge is 0.465 e. The Morgan fingerprint density at radius 2 is 1.79 bits per heavy atom. The van der Waals surface area contributed by atoms with Crippen LogP contribution < -0.4 is 0 Å². The van der Waals surface area contributed by atoms with Crippen molar-refractivity contribution in [2.45, 2.75) is 25.9 Å². The zero-order valence-corrected chi connectivity index (χ0v) is 16.3. The van der Waals surface area contributed by atoms with E-state index in [4.69, 9.17) is 9.47 Å². The van der Waals surface area contributed by atoms with Crippen LogP contribution in [0, 0.1) is 5.41 Å². The van der Waals surface area contributed by atoms with Gasteiger partial charge in [0.1, 0.15) is 12.0 Å². The third-order valence-electron chi connectivity index (χ3n) is 5.70. The first kappa shape index (κ1) is 19.2. The summed E-state index contributed by atoms with van der Waals surface area (Å²) in [5.74, 6) is -1.28. The minimum absolute atomic E-state index is 0.0247. The van der Waals surface area contributed by atoms with Crippen LogP contribution in [0.25, 0.3) is 0 Å². The molecule has 2 bridgehead atoms. The molecule has 4 rings (SSSR count). The molecule has 0 spiro atoms. The van der Waals surface area contributed by atoms with E-state index in [2.05, 4.69) is 0 Å². The summed E-state index contributed by atoms with van der Waals surface area (Å²) in [6.07, 6.45) is -0.292. The van der Waals surface area contributed by atoms with Gasteiger partial charge in [0.2, 0.25) is 0 Å². The van der Waals surface area contributed by atoms with Crippen molar-refractivity contribution in [2.75, 3.05) is 19.7 Å². The average Bonchev–Trinajstić information content (AvgIpc) is 2.73. The van der Waals surface area contributed by atoms with Gasteiger partial charge in [0.25, 0.3) is 0 Å². The number of hydrogen-bond donors (Lipinski definition) is 0. The highest BCUT2D eigenvalue weighted by Crippen LogP contribution is 2.45. The van der Waals surface area contributed by atoms with Crippen LogP contribution >= 0.6 is 0 Å². The van der Waals surface area contributed by atoms with Gasteiger partial charge < -0.3 is 14.4 Å². The van der Waals surface area contributed by atoms with Crippen LogP contribution in [0.2, 0.25) is 0 Å². The zero-order chi connectivity index (χ0) is 20.4. The number of benzene rings is 2. The fraction of sp³-hybridized carbons (Fsp3) is 0.348. The summed E-state index contributed by atoms with van der Waals surface area (Å²) in [6, 6.07) is 17.0. The maximum Gasteiger partial charge on any atom is 0.410 e. The number of amides is 1. The number of carbonyl (C=O) groups excluding carboxylic acids is 3. The Labute approximate surface area is 169 Å². The first-order chi connectivity index (χ1) is 14.0. The van der Waals surface area contributed by atoms with Crippen molar-refractivity contribution in [1.29, 1.82) is 0 Å². The second-order valence-electron chi connectivity index (χ2n) is 7.52. The fourth-order valence-corrected chi connectivity index (χ4v) is 4.30. The number of carbonyl (C=O) groups is 3. The summed E-state index contributed by atoms with van der Waals surface area (Å²) in [7, 11) is 0. The highest BCUT2D eigenvalue weighted by molar-refractivity contribution is 6.10. The average molecular weight is 393 g/mol. The normalized spacial score (nSPS) is 22.6. The molecule has 0 radical (unpaired) electrons. The molecular formula is C23H23NO5. The monoisotopic (exact) mass is 393 g/mol. The Morgan fingerprint density at radius 3 is 2.55 bits per heavy atom. The van der Waals surface area contributed by atoms with Crippen LogP contribution in [0.4, 0.5) is 4.79 Å². The van der Waals surface area contributed by atoms with Crippen molar-refractivity contribution in [2.24, 2.45) is 5.41 Å². The van der Waals surface area contributed by atoms with E-state index in [-0.39, 0.29) is 38.5 Å². The quantitative estimate of drug-likeness (QED) is 0.590. The number of likely N-dealkylation sites (tertiary alicyclic amines) is 1. The van der Waals surface area contributed by atoms with Crippen LogP contribution in [0.15, 0.2) is 54.6 Å². The number of hydrogen-bond acceptors (Lipinski definition) is 5. The van der Waals surface area contributed by atoms with Gasteiger partial charge in [-0.1, -0.05) is 54.6 Å². The van der Waals surface area contributed by atoms with Crippen molar-refractivity contribution in [3.8, 4) is 0 Å². The van der Waals surface area contributed by atoms with Crippen molar-refractivity contribution >= 4 is 17.8 Å². The number of esters is 1. The molecule has 2 aliphatic rings. The molecule has 1 saturated heterocycles. The van der Waals surface area contributed by atoms with E-state index in [9.17, 15) is 14.4 Å². The smallest absolute Gasteiger partial charge is 0.410 e. The lowest BCUT2D eigenvalue weighted by Crippen LogP contribution is -2.61. The van der Waals surface area contributed by atoms with E-state index >= 15 is 0 Å². The molecule has 1 fully saturated rings. The maximum absolute atomic E-state index is 13.3. The van der Waals surface area contributed by atoms with Crippen molar-refractivity contribution in [1.82, 2.24) is 4.90 Å². The van der Waals surface area contributed by atoms with E-state index in [1.165, 1.54) is 4.90 Å². The van der Waals surface area contributed by atoms with Crippen LogP contribution in [0.3, 0.4) is 0 Å². The van der Waals surface area contributed by atoms with Crippen molar-refractivity contribution in [3.05, 3.63) is 71.3 Å². The Balaban J connectivity index is 1.61. The summed E-state index contributed by atoms with van der Waals surface area (Å²) >= 11 is 0. The molecule has 1 aliphatic carbocycles. The number of fused-ring (bicyclic) bond motifs is 4. The molecule has 2 atom stereocenters. The van der Waals surface area contributed by atoms with Gasteiger partial charge in [-0.2, -0.15) is 0 Å². The molecule has 29 heavy (non-hydrogen) atoms. The zero-order valence-electron chi connectivity index (χ0n) is 16.3. The van der Waals surface area contributed by atoms with Crippen LogP contribution in [0.5, 0.6) is 0 Å². The van der Waals surface area contributed by atoms with Gasteiger partial charge >= 0.3 is 12.1 Å². The molecule has 0 unspecified atom stereocenters. The Hall–Kier alpha value is -3.15. The number of ketones is 1. The molecule has 6 nitrogen and oxygen atoms in total. The number of ether oxygens (including phenoxy) is 2. The number of piperidine rings is 1. The van der Waals surface area contributed by atoms with Gasteiger partial charge in [0.15, 0.2) is 5.78 Å². The highest BCUT2D eigenvalue weighted by atomic mass is 16.6. The van der Waals surface area contributed by atoms with Crippen LogP contribution in [0.1, 0.15) is 29.5 Å². The summed E-state index contributed by atoms with van der Waals surface area (Å²) in [5, 5.41) is 0. The van der Waals surface area contributed by atoms with E-state index in [0.29, 0.717) is 0 Å². The first-order valence-electron chi connectivity index (χ1n) is 9.80. The minimum atomic E-state index is -1.38. The Bertz CT molecular complexity index is 941. The maximum atomic E-state index is 13.3. The summed E-state index contributed by atoms with van der Waals surface area (Å²) in [6.45, 7) is 2.20. The van der Waals surface area contributed by atoms with Gasteiger partial charge in [0, 0.05) is 13.1 Å². The molecule has 1 heterocycles. The number of Topliss-reactive ketones (excluding diaryl/α,β-unsaturated/α-hetero) is 1. The molecule has 1 aliphatic heterocycles. The van der Waals surface area contributed by atoms with Gasteiger partial charge in [0.05, 0.1) is 12.5 Å².